The number of nitrogens with zero attached hydrogens (tertiary/aromatic N) is 1. The molecule has 0 saturated heterocycles. The third-order valence-corrected chi connectivity index (χ3v) is 5.55. The van der Waals surface area contributed by atoms with Gasteiger partial charge in [0.2, 0.25) is 10.0 Å². The van der Waals surface area contributed by atoms with Crippen LogP contribution in [0.2, 0.25) is 0 Å². The molecule has 1 fully saturated rings. The molecular formula is C15H32N4O2S. The first-order chi connectivity index (χ1) is 10.6. The summed E-state index contributed by atoms with van der Waals surface area (Å²) >= 11 is 0. The minimum absolute atomic E-state index is 0.112. The zero-order valence-corrected chi connectivity index (χ0v) is 14.8. The van der Waals surface area contributed by atoms with Crippen LogP contribution in [0, 0.1) is 5.92 Å². The molecule has 0 heterocycles. The average Bonchev–Trinajstić information content (AvgIpc) is 2.54. The zero-order valence-electron chi connectivity index (χ0n) is 14.0. The van der Waals surface area contributed by atoms with Crippen molar-refractivity contribution in [3.8, 4) is 0 Å². The van der Waals surface area contributed by atoms with E-state index in [1.165, 1.54) is 38.5 Å². The lowest BCUT2D eigenvalue weighted by atomic mass is 9.86. The number of hydrogen-bond acceptors (Lipinski definition) is 3. The Bertz CT molecular complexity index is 417. The van der Waals surface area contributed by atoms with Crippen LogP contribution in [0.5, 0.6) is 0 Å². The molecule has 0 spiro atoms. The number of nitrogens with one attached hydrogen (secondary N) is 3. The molecule has 0 unspecified atom stereocenters. The smallest absolute Gasteiger partial charge is 0.211 e. The Balaban J connectivity index is 2.07. The molecule has 0 aliphatic heterocycles. The Hall–Kier alpha value is -0.820. The van der Waals surface area contributed by atoms with Gasteiger partial charge >= 0.3 is 0 Å². The van der Waals surface area contributed by atoms with Gasteiger partial charge in [0.15, 0.2) is 5.96 Å². The van der Waals surface area contributed by atoms with Crippen molar-refractivity contribution >= 4 is 16.0 Å². The van der Waals surface area contributed by atoms with Crippen LogP contribution in [0.4, 0.5) is 0 Å². The Morgan fingerprint density at radius 2 is 1.77 bits per heavy atom. The number of guanidine groups is 1. The second kappa shape index (κ2) is 10.8. The van der Waals surface area contributed by atoms with Gasteiger partial charge in [-0.15, -0.1) is 0 Å². The van der Waals surface area contributed by atoms with E-state index in [1.54, 1.807) is 14.0 Å². The fourth-order valence-electron chi connectivity index (χ4n) is 2.78. The number of rotatable bonds is 9. The van der Waals surface area contributed by atoms with Crippen LogP contribution in [0.25, 0.3) is 0 Å². The summed E-state index contributed by atoms with van der Waals surface area (Å²) < 4.78 is 25.1. The first kappa shape index (κ1) is 19.2. The fourth-order valence-corrected chi connectivity index (χ4v) is 3.40. The largest absolute Gasteiger partial charge is 0.356 e. The number of hydrogen-bond donors (Lipinski definition) is 3. The molecule has 0 aromatic rings. The molecule has 0 aromatic heterocycles. The molecule has 1 aliphatic rings. The van der Waals surface area contributed by atoms with Crippen molar-refractivity contribution in [3.05, 3.63) is 0 Å². The van der Waals surface area contributed by atoms with Gasteiger partial charge < -0.3 is 10.6 Å². The van der Waals surface area contributed by atoms with Gasteiger partial charge in [-0.3, -0.25) is 4.99 Å². The van der Waals surface area contributed by atoms with E-state index in [4.69, 9.17) is 0 Å². The van der Waals surface area contributed by atoms with Crippen molar-refractivity contribution in [2.24, 2.45) is 10.9 Å². The van der Waals surface area contributed by atoms with E-state index in [-0.39, 0.29) is 5.75 Å². The molecule has 0 amide bonds. The molecular weight excluding hydrogens is 300 g/mol. The highest BCUT2D eigenvalue weighted by Gasteiger charge is 2.12. The van der Waals surface area contributed by atoms with Gasteiger partial charge in [-0.05, 0) is 25.7 Å². The van der Waals surface area contributed by atoms with Crippen molar-refractivity contribution in [1.29, 1.82) is 0 Å². The summed E-state index contributed by atoms with van der Waals surface area (Å²) in [6.07, 6.45) is 9.44. The molecule has 3 N–H and O–H groups in total. The fraction of sp³-hybridized carbons (Fsp3) is 0.933. The molecule has 7 heteroatoms. The first-order valence-electron chi connectivity index (χ1n) is 8.49. The lowest BCUT2D eigenvalue weighted by Crippen LogP contribution is -2.42. The minimum atomic E-state index is -3.11. The predicted molar refractivity (Wildman–Crippen MR) is 92.6 cm³/mol. The second-order valence-corrected chi connectivity index (χ2v) is 7.97. The lowest BCUT2D eigenvalue weighted by Gasteiger charge is -2.21. The SMILES string of the molecule is CCS(=O)(=O)NCCNC(=NC)NCCCC1CCCCC1. The standard InChI is InChI=1S/C15H32N4O2S/c1-3-22(20,21)19-13-12-18-15(16-2)17-11-7-10-14-8-5-4-6-9-14/h14,19H,3-13H2,1-2H3,(H2,16,17,18). The molecule has 0 radical (unpaired) electrons. The Labute approximate surface area is 135 Å². The normalized spacial score (nSPS) is 17.5. The molecule has 130 valence electrons. The topological polar surface area (TPSA) is 82.6 Å². The summed E-state index contributed by atoms with van der Waals surface area (Å²) in [5.74, 6) is 1.76. The Morgan fingerprint density at radius 1 is 1.09 bits per heavy atom. The summed E-state index contributed by atoms with van der Waals surface area (Å²) in [7, 11) is -1.38. The monoisotopic (exact) mass is 332 g/mol. The number of aliphatic imine (C=N–C) groups is 1. The van der Waals surface area contributed by atoms with E-state index < -0.39 is 10.0 Å². The summed E-state index contributed by atoms with van der Waals surface area (Å²) in [6.45, 7) is 3.44. The molecule has 1 aliphatic carbocycles. The summed E-state index contributed by atoms with van der Waals surface area (Å²) in [5.41, 5.74) is 0. The summed E-state index contributed by atoms with van der Waals surface area (Å²) in [5, 5.41) is 6.40. The van der Waals surface area contributed by atoms with Crippen molar-refractivity contribution in [2.75, 3.05) is 32.4 Å². The molecule has 0 atom stereocenters. The Morgan fingerprint density at radius 3 is 2.41 bits per heavy atom. The van der Waals surface area contributed by atoms with E-state index in [1.807, 2.05) is 0 Å². The van der Waals surface area contributed by atoms with E-state index in [9.17, 15) is 8.42 Å². The van der Waals surface area contributed by atoms with Gasteiger partial charge in [0.25, 0.3) is 0 Å². The maximum atomic E-state index is 11.3. The average molecular weight is 333 g/mol. The maximum Gasteiger partial charge on any atom is 0.211 e. The number of sulfonamides is 1. The third-order valence-electron chi connectivity index (χ3n) is 4.15. The van der Waals surface area contributed by atoms with Gasteiger partial charge in [-0.1, -0.05) is 32.1 Å². The predicted octanol–water partition coefficient (Wildman–Crippen LogP) is 1.45. The lowest BCUT2D eigenvalue weighted by molar-refractivity contribution is 0.332. The molecule has 0 bridgehead atoms. The van der Waals surface area contributed by atoms with E-state index in [0.29, 0.717) is 13.1 Å². The van der Waals surface area contributed by atoms with Gasteiger partial charge in [0, 0.05) is 26.7 Å². The highest BCUT2D eigenvalue weighted by atomic mass is 32.2. The van der Waals surface area contributed by atoms with Crippen LogP contribution in [0.3, 0.4) is 0 Å². The van der Waals surface area contributed by atoms with Crippen molar-refractivity contribution < 1.29 is 8.42 Å². The molecule has 1 rings (SSSR count). The summed E-state index contributed by atoms with van der Waals surface area (Å²) in [4.78, 5) is 4.14. The van der Waals surface area contributed by atoms with E-state index in [0.717, 1.165) is 24.8 Å². The van der Waals surface area contributed by atoms with Crippen LogP contribution < -0.4 is 15.4 Å². The van der Waals surface area contributed by atoms with Crippen LogP contribution in [0.1, 0.15) is 51.9 Å². The van der Waals surface area contributed by atoms with Gasteiger partial charge in [0.05, 0.1) is 5.75 Å². The van der Waals surface area contributed by atoms with E-state index >= 15 is 0 Å². The summed E-state index contributed by atoms with van der Waals surface area (Å²) in [6, 6.07) is 0. The third kappa shape index (κ3) is 8.58. The molecule has 0 aromatic carbocycles. The zero-order chi connectivity index (χ0) is 16.3. The van der Waals surface area contributed by atoms with Crippen molar-refractivity contribution in [3.63, 3.8) is 0 Å². The molecule has 1 saturated carbocycles. The second-order valence-electron chi connectivity index (χ2n) is 5.87. The van der Waals surface area contributed by atoms with Gasteiger partial charge in [-0.25, -0.2) is 13.1 Å². The van der Waals surface area contributed by atoms with Crippen LogP contribution >= 0.6 is 0 Å². The van der Waals surface area contributed by atoms with Crippen LogP contribution in [-0.4, -0.2) is 46.8 Å². The highest BCUT2D eigenvalue weighted by Crippen LogP contribution is 2.26. The highest BCUT2D eigenvalue weighted by molar-refractivity contribution is 7.89. The quantitative estimate of drug-likeness (QED) is 0.339. The van der Waals surface area contributed by atoms with E-state index in [2.05, 4.69) is 20.3 Å². The van der Waals surface area contributed by atoms with Gasteiger partial charge in [-0.2, -0.15) is 0 Å². The van der Waals surface area contributed by atoms with Crippen molar-refractivity contribution in [1.82, 2.24) is 15.4 Å². The maximum absolute atomic E-state index is 11.3. The first-order valence-corrected chi connectivity index (χ1v) is 10.1. The van der Waals surface area contributed by atoms with Gasteiger partial charge in [0.1, 0.15) is 0 Å². The molecule has 6 nitrogen and oxygen atoms in total. The van der Waals surface area contributed by atoms with Crippen molar-refractivity contribution in [2.45, 2.75) is 51.9 Å². The van der Waals surface area contributed by atoms with Crippen LogP contribution in [-0.2, 0) is 10.0 Å². The minimum Gasteiger partial charge on any atom is -0.356 e. The molecule has 22 heavy (non-hydrogen) atoms. The Kier molecular flexibility index (Phi) is 9.47. The van der Waals surface area contributed by atoms with Crippen LogP contribution in [0.15, 0.2) is 4.99 Å².